The molecule has 0 aliphatic rings. The number of esters is 1. The van der Waals surface area contributed by atoms with E-state index in [1.54, 1.807) is 31.2 Å². The van der Waals surface area contributed by atoms with Gasteiger partial charge in [0.25, 0.3) is 0 Å². The van der Waals surface area contributed by atoms with Crippen molar-refractivity contribution in [3.05, 3.63) is 47.0 Å². The summed E-state index contributed by atoms with van der Waals surface area (Å²) in [5.74, 6) is 0.217. The number of carbonyl (C=O) groups excluding carboxylic acids is 1. The van der Waals surface area contributed by atoms with Crippen molar-refractivity contribution in [1.29, 1.82) is 0 Å². The minimum atomic E-state index is -0.557. The van der Waals surface area contributed by atoms with Gasteiger partial charge in [0.05, 0.1) is 7.11 Å². The average molecular weight is 279 g/mol. The monoisotopic (exact) mass is 278 g/mol. The maximum absolute atomic E-state index is 11.6. The number of aryl methyl sites for hydroxylation is 1. The van der Waals surface area contributed by atoms with Crippen molar-refractivity contribution in [2.45, 2.75) is 6.92 Å². The topological polar surface area (TPSA) is 61.3 Å². The van der Waals surface area contributed by atoms with Crippen LogP contribution in [-0.2, 0) is 4.74 Å². The fourth-order valence-corrected chi connectivity index (χ4v) is 1.61. The van der Waals surface area contributed by atoms with Gasteiger partial charge in [-0.3, -0.25) is 0 Å². The van der Waals surface area contributed by atoms with Gasteiger partial charge in [-0.2, -0.15) is 0 Å². The number of methoxy groups -OCH3 is 1. The average Bonchev–Trinajstić information content (AvgIpc) is 2.40. The summed E-state index contributed by atoms with van der Waals surface area (Å²) in [5, 5.41) is 0.303. The van der Waals surface area contributed by atoms with E-state index in [0.29, 0.717) is 22.3 Å². The first kappa shape index (κ1) is 13.3. The van der Waals surface area contributed by atoms with E-state index in [-0.39, 0.29) is 5.69 Å². The van der Waals surface area contributed by atoms with E-state index in [4.69, 9.17) is 16.3 Å². The summed E-state index contributed by atoms with van der Waals surface area (Å²) in [5.41, 5.74) is 0.816. The second kappa shape index (κ2) is 5.67. The first-order chi connectivity index (χ1) is 9.10. The van der Waals surface area contributed by atoms with Gasteiger partial charge in [-0.05, 0) is 25.1 Å². The van der Waals surface area contributed by atoms with E-state index >= 15 is 0 Å². The summed E-state index contributed by atoms with van der Waals surface area (Å²) in [7, 11) is 1.29. The summed E-state index contributed by atoms with van der Waals surface area (Å²) in [6.07, 6.45) is 1.51. The molecule has 98 valence electrons. The molecule has 0 spiro atoms. The van der Waals surface area contributed by atoms with Crippen LogP contribution in [0.4, 0.5) is 0 Å². The Morgan fingerprint density at radius 1 is 1.32 bits per heavy atom. The van der Waals surface area contributed by atoms with Crippen molar-refractivity contribution in [2.75, 3.05) is 7.11 Å². The smallest absolute Gasteiger partial charge is 0.360 e. The zero-order chi connectivity index (χ0) is 13.8. The molecule has 0 aliphatic carbocycles. The highest BCUT2D eigenvalue weighted by atomic mass is 35.5. The van der Waals surface area contributed by atoms with Gasteiger partial charge in [-0.15, -0.1) is 0 Å². The van der Waals surface area contributed by atoms with Crippen molar-refractivity contribution in [3.8, 4) is 11.5 Å². The van der Waals surface area contributed by atoms with Crippen LogP contribution in [0.1, 0.15) is 16.2 Å². The van der Waals surface area contributed by atoms with Crippen molar-refractivity contribution < 1.29 is 14.3 Å². The van der Waals surface area contributed by atoms with E-state index in [1.807, 2.05) is 0 Å². The molecule has 0 saturated carbocycles. The molecule has 0 bridgehead atoms. The Labute approximate surface area is 115 Å². The first-order valence-electron chi connectivity index (χ1n) is 5.45. The minimum absolute atomic E-state index is 0.121. The molecule has 5 nitrogen and oxygen atoms in total. The molecule has 0 atom stereocenters. The Hall–Kier alpha value is -2.14. The van der Waals surface area contributed by atoms with Gasteiger partial charge >= 0.3 is 5.97 Å². The fraction of sp³-hybridized carbons (Fsp3) is 0.154. The summed E-state index contributed by atoms with van der Waals surface area (Å²) in [6.45, 7) is 1.78. The summed E-state index contributed by atoms with van der Waals surface area (Å²) < 4.78 is 10.3. The maximum atomic E-state index is 11.6. The maximum Gasteiger partial charge on any atom is 0.360 e. The number of ether oxygens (including phenoxy) is 2. The Morgan fingerprint density at radius 3 is 2.79 bits per heavy atom. The predicted molar refractivity (Wildman–Crippen MR) is 69.6 cm³/mol. The molecule has 19 heavy (non-hydrogen) atoms. The predicted octanol–water partition coefficient (Wildman–Crippen LogP) is 3.02. The van der Waals surface area contributed by atoms with Crippen LogP contribution in [0.15, 0.2) is 30.5 Å². The number of carbonyl (C=O) groups is 1. The lowest BCUT2D eigenvalue weighted by atomic mass is 10.3. The van der Waals surface area contributed by atoms with Crippen LogP contribution in [0, 0.1) is 6.92 Å². The lowest BCUT2D eigenvalue weighted by Gasteiger charge is -2.09. The van der Waals surface area contributed by atoms with E-state index in [1.165, 1.54) is 13.3 Å². The summed E-state index contributed by atoms with van der Waals surface area (Å²) in [4.78, 5) is 19.6. The van der Waals surface area contributed by atoms with E-state index in [9.17, 15) is 4.79 Å². The number of halogens is 1. The van der Waals surface area contributed by atoms with Crippen LogP contribution in [-0.4, -0.2) is 23.0 Å². The molecule has 2 rings (SSSR count). The highest BCUT2D eigenvalue weighted by molar-refractivity contribution is 6.29. The Balaban J connectivity index is 2.37. The molecule has 0 fully saturated rings. The highest BCUT2D eigenvalue weighted by Gasteiger charge is 2.16. The second-order valence-electron chi connectivity index (χ2n) is 3.71. The van der Waals surface area contributed by atoms with Crippen LogP contribution in [0.3, 0.4) is 0 Å². The molecule has 0 radical (unpaired) electrons. The molecule has 0 saturated heterocycles. The van der Waals surface area contributed by atoms with E-state index in [0.717, 1.165) is 0 Å². The number of nitrogens with zero attached hydrogens (tertiary/aromatic N) is 2. The first-order valence-corrected chi connectivity index (χ1v) is 5.83. The molecule has 2 heterocycles. The third-order valence-electron chi connectivity index (χ3n) is 2.30. The van der Waals surface area contributed by atoms with Gasteiger partial charge < -0.3 is 9.47 Å². The van der Waals surface area contributed by atoms with Crippen LogP contribution < -0.4 is 4.74 Å². The van der Waals surface area contributed by atoms with E-state index in [2.05, 4.69) is 14.7 Å². The number of hydrogen-bond donors (Lipinski definition) is 0. The normalized spacial score (nSPS) is 10.1. The second-order valence-corrected chi connectivity index (χ2v) is 4.09. The Kier molecular flexibility index (Phi) is 3.97. The lowest BCUT2D eigenvalue weighted by Crippen LogP contribution is -2.07. The number of aromatic nitrogens is 2. The molecule has 2 aromatic rings. The fourth-order valence-electron chi connectivity index (χ4n) is 1.44. The van der Waals surface area contributed by atoms with Gasteiger partial charge in [0.1, 0.15) is 10.9 Å². The van der Waals surface area contributed by atoms with Gasteiger partial charge in [-0.25, -0.2) is 14.8 Å². The van der Waals surface area contributed by atoms with Gasteiger partial charge in [0.2, 0.25) is 0 Å². The minimum Gasteiger partial charge on any atom is -0.464 e. The van der Waals surface area contributed by atoms with Crippen molar-refractivity contribution in [1.82, 2.24) is 9.97 Å². The largest absolute Gasteiger partial charge is 0.464 e. The zero-order valence-corrected chi connectivity index (χ0v) is 11.1. The Bertz CT molecular complexity index is 617. The molecule has 0 aromatic carbocycles. The van der Waals surface area contributed by atoms with Gasteiger partial charge in [-0.1, -0.05) is 11.6 Å². The quantitative estimate of drug-likeness (QED) is 0.638. The van der Waals surface area contributed by atoms with Gasteiger partial charge in [0, 0.05) is 18.0 Å². The summed E-state index contributed by atoms with van der Waals surface area (Å²) >= 11 is 5.77. The molecule has 6 heteroatoms. The van der Waals surface area contributed by atoms with Crippen molar-refractivity contribution in [2.24, 2.45) is 0 Å². The molecule has 0 N–H and O–H groups in total. The molecule has 0 aliphatic heterocycles. The van der Waals surface area contributed by atoms with E-state index < -0.39 is 5.97 Å². The lowest BCUT2D eigenvalue weighted by molar-refractivity contribution is 0.0590. The molecule has 0 amide bonds. The van der Waals surface area contributed by atoms with Crippen LogP contribution in [0.2, 0.25) is 5.15 Å². The van der Waals surface area contributed by atoms with Crippen molar-refractivity contribution in [3.63, 3.8) is 0 Å². The van der Waals surface area contributed by atoms with Crippen LogP contribution in [0.5, 0.6) is 11.5 Å². The van der Waals surface area contributed by atoms with Crippen molar-refractivity contribution >= 4 is 17.6 Å². The molecular weight excluding hydrogens is 268 g/mol. The number of rotatable bonds is 3. The zero-order valence-electron chi connectivity index (χ0n) is 10.4. The number of hydrogen-bond acceptors (Lipinski definition) is 5. The van der Waals surface area contributed by atoms with Crippen LogP contribution in [0.25, 0.3) is 0 Å². The third-order valence-corrected chi connectivity index (χ3v) is 2.51. The standard InChI is InChI=1S/C13H11ClN2O3/c1-8-3-4-10(12(16-8)13(17)18-2)19-9-5-6-15-11(14)7-9/h3-7H,1-2H3. The van der Waals surface area contributed by atoms with Gasteiger partial charge in [0.15, 0.2) is 11.4 Å². The Morgan fingerprint density at radius 2 is 2.11 bits per heavy atom. The SMILES string of the molecule is COC(=O)c1nc(C)ccc1Oc1ccnc(Cl)c1. The van der Waals surface area contributed by atoms with Crippen LogP contribution >= 0.6 is 11.6 Å². The third kappa shape index (κ3) is 3.20. The highest BCUT2D eigenvalue weighted by Crippen LogP contribution is 2.26. The molecule has 2 aromatic heterocycles. The summed E-state index contributed by atoms with van der Waals surface area (Å²) in [6, 6.07) is 6.57. The number of pyridine rings is 2. The molecular formula is C13H11ClN2O3. The molecule has 0 unspecified atom stereocenters.